The number of phenols is 1. The zero-order chi connectivity index (χ0) is 29.7. The van der Waals surface area contributed by atoms with Crippen molar-refractivity contribution in [1.82, 2.24) is 25.9 Å². The van der Waals surface area contributed by atoms with Gasteiger partial charge in [-0.1, -0.05) is 12.1 Å². The predicted molar refractivity (Wildman–Crippen MR) is 143 cm³/mol. The van der Waals surface area contributed by atoms with Crippen molar-refractivity contribution in [2.75, 3.05) is 13.2 Å². The molecule has 3 amide bonds. The first-order valence-corrected chi connectivity index (χ1v) is 12.3. The summed E-state index contributed by atoms with van der Waals surface area (Å²) in [6.45, 7) is -0.746. The number of nitrogens with zero attached hydrogens (tertiary/aromatic N) is 2. The van der Waals surface area contributed by atoms with Gasteiger partial charge in [-0.3, -0.25) is 19.4 Å². The van der Waals surface area contributed by atoms with Crippen molar-refractivity contribution >= 4 is 29.7 Å². The van der Waals surface area contributed by atoms with Crippen molar-refractivity contribution in [3.63, 3.8) is 0 Å². The summed E-state index contributed by atoms with van der Waals surface area (Å²) in [4.78, 5) is 61.0. The van der Waals surface area contributed by atoms with E-state index >= 15 is 0 Å². The SMILES string of the molecule is NC(N)=NCCCC(NC(=O)C(Cc1ccc(O)cc1)NC(=O)C(N)Cc1cnc[nH]1)C(=O)NC(CO)C(=O)O. The summed E-state index contributed by atoms with van der Waals surface area (Å²) < 4.78 is 0. The van der Waals surface area contributed by atoms with Crippen LogP contribution in [0, 0.1) is 0 Å². The number of nitrogens with two attached hydrogens (primary N) is 3. The van der Waals surface area contributed by atoms with Gasteiger partial charge in [0.1, 0.15) is 23.9 Å². The Morgan fingerprint density at radius 1 is 0.950 bits per heavy atom. The monoisotopic (exact) mass is 561 g/mol. The van der Waals surface area contributed by atoms with Gasteiger partial charge >= 0.3 is 5.97 Å². The molecular weight excluding hydrogens is 526 g/mol. The van der Waals surface area contributed by atoms with Crippen molar-refractivity contribution in [1.29, 1.82) is 0 Å². The summed E-state index contributed by atoms with van der Waals surface area (Å²) in [5, 5.41) is 35.4. The number of carbonyl (C=O) groups is 4. The maximum atomic E-state index is 13.4. The molecule has 4 atom stereocenters. The number of H-pyrrole nitrogens is 1. The number of aliphatic hydroxyl groups excluding tert-OH is 1. The number of hydrogen-bond acceptors (Lipinski definition) is 9. The topological polar surface area (TPSA) is 284 Å². The number of nitrogens with one attached hydrogen (secondary N) is 4. The lowest BCUT2D eigenvalue weighted by Crippen LogP contribution is -2.58. The second kappa shape index (κ2) is 15.6. The second-order valence-corrected chi connectivity index (χ2v) is 8.91. The molecule has 0 bridgehead atoms. The zero-order valence-corrected chi connectivity index (χ0v) is 21.6. The maximum absolute atomic E-state index is 13.4. The highest BCUT2D eigenvalue weighted by Gasteiger charge is 2.30. The van der Waals surface area contributed by atoms with E-state index in [1.165, 1.54) is 24.7 Å². The third-order valence-corrected chi connectivity index (χ3v) is 5.72. The average molecular weight is 562 g/mol. The van der Waals surface area contributed by atoms with Crippen LogP contribution in [0.15, 0.2) is 41.8 Å². The fourth-order valence-corrected chi connectivity index (χ4v) is 3.58. The van der Waals surface area contributed by atoms with E-state index in [2.05, 4.69) is 30.9 Å². The normalized spacial score (nSPS) is 13.8. The number of benzene rings is 1. The van der Waals surface area contributed by atoms with Gasteiger partial charge in [-0.25, -0.2) is 9.78 Å². The quantitative estimate of drug-likeness (QED) is 0.0553. The average Bonchev–Trinajstić information content (AvgIpc) is 3.42. The number of aromatic hydroxyl groups is 1. The molecule has 2 rings (SSSR count). The van der Waals surface area contributed by atoms with Gasteiger partial charge < -0.3 is 53.5 Å². The number of amides is 3. The molecule has 218 valence electrons. The summed E-state index contributed by atoms with van der Waals surface area (Å²) in [6.07, 6.45) is 3.28. The van der Waals surface area contributed by atoms with Gasteiger partial charge in [0.15, 0.2) is 5.96 Å². The molecule has 0 fully saturated rings. The molecule has 2 aromatic rings. The number of guanidine groups is 1. The summed E-state index contributed by atoms with van der Waals surface area (Å²) >= 11 is 0. The van der Waals surface area contributed by atoms with E-state index < -0.39 is 54.5 Å². The van der Waals surface area contributed by atoms with Crippen molar-refractivity contribution in [3.05, 3.63) is 48.0 Å². The minimum atomic E-state index is -1.60. The smallest absolute Gasteiger partial charge is 0.328 e. The molecule has 16 nitrogen and oxygen atoms in total. The molecule has 0 spiro atoms. The number of carbonyl (C=O) groups excluding carboxylic acids is 3. The van der Waals surface area contributed by atoms with E-state index in [1.54, 1.807) is 12.1 Å². The lowest BCUT2D eigenvalue weighted by Gasteiger charge is -2.25. The number of imidazole rings is 1. The molecule has 13 N–H and O–H groups in total. The highest BCUT2D eigenvalue weighted by molar-refractivity contribution is 5.94. The van der Waals surface area contributed by atoms with Crippen LogP contribution in [-0.4, -0.2) is 92.3 Å². The number of phenolic OH excluding ortho intramolecular Hbond substituents is 1. The molecule has 40 heavy (non-hydrogen) atoms. The predicted octanol–water partition coefficient (Wildman–Crippen LogP) is -3.19. The maximum Gasteiger partial charge on any atom is 0.328 e. The summed E-state index contributed by atoms with van der Waals surface area (Å²) in [5.41, 5.74) is 17.8. The van der Waals surface area contributed by atoms with Crippen LogP contribution in [0.25, 0.3) is 0 Å². The highest BCUT2D eigenvalue weighted by Crippen LogP contribution is 2.12. The first-order valence-electron chi connectivity index (χ1n) is 12.3. The summed E-state index contributed by atoms with van der Waals surface area (Å²) in [7, 11) is 0. The van der Waals surface area contributed by atoms with Crippen LogP contribution in [0.2, 0.25) is 0 Å². The fraction of sp³-hybridized carbons (Fsp3) is 0.417. The first kappa shape index (κ1) is 31.5. The third kappa shape index (κ3) is 10.6. The van der Waals surface area contributed by atoms with E-state index in [4.69, 9.17) is 17.2 Å². The van der Waals surface area contributed by atoms with Gasteiger partial charge in [-0.05, 0) is 30.5 Å². The van der Waals surface area contributed by atoms with Gasteiger partial charge in [-0.2, -0.15) is 0 Å². The Morgan fingerprint density at radius 2 is 1.57 bits per heavy atom. The number of aromatic nitrogens is 2. The Bertz CT molecular complexity index is 1150. The van der Waals surface area contributed by atoms with E-state index in [-0.39, 0.29) is 43.9 Å². The minimum Gasteiger partial charge on any atom is -0.508 e. The molecule has 0 aliphatic heterocycles. The van der Waals surface area contributed by atoms with Gasteiger partial charge in [-0.15, -0.1) is 0 Å². The number of carboxylic acids is 1. The van der Waals surface area contributed by atoms with Gasteiger partial charge in [0.25, 0.3) is 0 Å². The van der Waals surface area contributed by atoms with Crippen LogP contribution < -0.4 is 33.2 Å². The van der Waals surface area contributed by atoms with Gasteiger partial charge in [0.2, 0.25) is 17.7 Å². The lowest BCUT2D eigenvalue weighted by molar-refractivity contribution is -0.143. The molecular formula is C24H35N9O7. The Hall–Kier alpha value is -4.70. The molecule has 0 saturated carbocycles. The molecule has 4 unspecified atom stereocenters. The minimum absolute atomic E-state index is 0.00439. The molecule has 0 radical (unpaired) electrons. The van der Waals surface area contributed by atoms with Crippen LogP contribution in [0.5, 0.6) is 5.75 Å². The molecule has 0 saturated heterocycles. The standard InChI is InChI=1S/C24H35N9O7/c25-16(9-14-10-28-12-30-14)20(36)32-18(8-13-3-5-15(35)6-4-13)22(38)31-17(2-1-7-29-24(26)27)21(37)33-19(11-34)23(39)40/h3-6,10,12,16-19,34-35H,1-2,7-9,11,25H2,(H,28,30)(H,31,38)(H,32,36)(H,33,37)(H,39,40)(H4,26,27,29). The molecule has 16 heteroatoms. The Labute approximate surface area is 229 Å². The van der Waals surface area contributed by atoms with Crippen LogP contribution in [0.4, 0.5) is 0 Å². The third-order valence-electron chi connectivity index (χ3n) is 5.72. The molecule has 1 heterocycles. The second-order valence-electron chi connectivity index (χ2n) is 8.91. The Kier molecular flexibility index (Phi) is 12.3. The van der Waals surface area contributed by atoms with E-state index in [0.29, 0.717) is 11.3 Å². The van der Waals surface area contributed by atoms with Crippen LogP contribution in [0.3, 0.4) is 0 Å². The van der Waals surface area contributed by atoms with Crippen LogP contribution in [0.1, 0.15) is 24.1 Å². The Balaban J connectivity index is 2.23. The molecule has 0 aliphatic rings. The highest BCUT2D eigenvalue weighted by atomic mass is 16.4. The summed E-state index contributed by atoms with van der Waals surface area (Å²) in [5.74, 6) is -3.90. The zero-order valence-electron chi connectivity index (χ0n) is 21.6. The summed E-state index contributed by atoms with van der Waals surface area (Å²) in [6, 6.07) is 0.856. The van der Waals surface area contributed by atoms with Crippen LogP contribution >= 0.6 is 0 Å². The molecule has 0 aliphatic carbocycles. The first-order chi connectivity index (χ1) is 19.0. The fourth-order valence-electron chi connectivity index (χ4n) is 3.58. The van der Waals surface area contributed by atoms with E-state index in [0.717, 1.165) is 0 Å². The van der Waals surface area contributed by atoms with Gasteiger partial charge in [0, 0.05) is 31.3 Å². The number of carboxylic acid groups (broad SMARTS) is 1. The number of aliphatic hydroxyl groups is 1. The molecule has 1 aromatic heterocycles. The number of aromatic amines is 1. The van der Waals surface area contributed by atoms with E-state index in [1.807, 2.05) is 0 Å². The number of aliphatic carboxylic acids is 1. The number of hydrogen-bond donors (Lipinski definition) is 10. The molecule has 1 aromatic carbocycles. The number of rotatable bonds is 16. The van der Waals surface area contributed by atoms with Crippen molar-refractivity contribution in [2.24, 2.45) is 22.2 Å². The van der Waals surface area contributed by atoms with Gasteiger partial charge in [0.05, 0.1) is 19.0 Å². The van der Waals surface area contributed by atoms with Crippen molar-refractivity contribution in [3.8, 4) is 5.75 Å². The van der Waals surface area contributed by atoms with E-state index in [9.17, 15) is 34.5 Å². The largest absolute Gasteiger partial charge is 0.508 e. The van der Waals surface area contributed by atoms with Crippen LogP contribution in [-0.2, 0) is 32.0 Å². The number of aliphatic imine (C=N–C) groups is 1. The van der Waals surface area contributed by atoms with Crippen molar-refractivity contribution in [2.45, 2.75) is 49.9 Å². The lowest BCUT2D eigenvalue weighted by atomic mass is 10.0. The van der Waals surface area contributed by atoms with Crippen molar-refractivity contribution < 1.29 is 34.5 Å². The Morgan fingerprint density at radius 3 is 2.15 bits per heavy atom.